The number of halogens is 4. The maximum Gasteiger partial charge on any atom is 0.416 e. The Hall–Kier alpha value is -1.72. The molecule has 0 heterocycles. The lowest BCUT2D eigenvalue weighted by atomic mass is 10.1. The van der Waals surface area contributed by atoms with Crippen LogP contribution in [0.5, 0.6) is 5.75 Å². The van der Waals surface area contributed by atoms with Crippen LogP contribution in [0, 0.1) is 0 Å². The van der Waals surface area contributed by atoms with Crippen molar-refractivity contribution in [2.75, 3.05) is 6.54 Å². The molecule has 0 saturated carbocycles. The third-order valence-electron chi connectivity index (χ3n) is 3.14. The Morgan fingerprint density at radius 3 is 1.95 bits per heavy atom. The highest BCUT2D eigenvalue weighted by Crippen LogP contribution is 2.29. The lowest BCUT2D eigenvalue weighted by Crippen LogP contribution is -2.16. The number of aromatic hydroxyl groups is 1. The first-order valence-corrected chi connectivity index (χ1v) is 6.60. The van der Waals surface area contributed by atoms with Crippen LogP contribution < -0.4 is 5.32 Å². The van der Waals surface area contributed by atoms with E-state index in [0.29, 0.717) is 13.1 Å². The number of benzene rings is 2. The minimum Gasteiger partial charge on any atom is -0.508 e. The minimum atomic E-state index is -4.29. The van der Waals surface area contributed by atoms with Crippen LogP contribution in [0.1, 0.15) is 16.7 Å². The molecule has 0 atom stereocenters. The molecule has 2 aromatic carbocycles. The summed E-state index contributed by atoms with van der Waals surface area (Å²) in [6.07, 6.45) is -3.49. The van der Waals surface area contributed by atoms with E-state index in [2.05, 4.69) is 5.32 Å². The molecule has 2 N–H and O–H groups in total. The molecule has 0 bridgehead atoms. The van der Waals surface area contributed by atoms with Gasteiger partial charge in [-0.1, -0.05) is 24.3 Å². The van der Waals surface area contributed by atoms with Crippen molar-refractivity contribution >= 4 is 12.4 Å². The van der Waals surface area contributed by atoms with Gasteiger partial charge in [-0.3, -0.25) is 0 Å². The van der Waals surface area contributed by atoms with Gasteiger partial charge in [-0.2, -0.15) is 13.2 Å². The average Bonchev–Trinajstić information content (AvgIpc) is 2.45. The van der Waals surface area contributed by atoms with Crippen LogP contribution in [0.15, 0.2) is 48.5 Å². The number of phenols is 1. The van der Waals surface area contributed by atoms with Gasteiger partial charge in [0.25, 0.3) is 0 Å². The van der Waals surface area contributed by atoms with Crippen LogP contribution in [0.4, 0.5) is 13.2 Å². The van der Waals surface area contributed by atoms with Crippen molar-refractivity contribution in [1.82, 2.24) is 5.32 Å². The topological polar surface area (TPSA) is 32.3 Å². The van der Waals surface area contributed by atoms with Crippen LogP contribution in [-0.2, 0) is 19.1 Å². The first-order chi connectivity index (χ1) is 9.95. The lowest BCUT2D eigenvalue weighted by Gasteiger charge is -2.08. The van der Waals surface area contributed by atoms with Gasteiger partial charge in [-0.05, 0) is 48.4 Å². The van der Waals surface area contributed by atoms with Crippen molar-refractivity contribution in [2.45, 2.75) is 19.1 Å². The van der Waals surface area contributed by atoms with Crippen LogP contribution >= 0.6 is 12.4 Å². The zero-order valence-electron chi connectivity index (χ0n) is 11.7. The molecule has 120 valence electrons. The van der Waals surface area contributed by atoms with E-state index in [1.807, 2.05) is 12.1 Å². The van der Waals surface area contributed by atoms with Crippen molar-refractivity contribution in [3.63, 3.8) is 0 Å². The largest absolute Gasteiger partial charge is 0.508 e. The zero-order chi connectivity index (χ0) is 15.3. The van der Waals surface area contributed by atoms with Crippen molar-refractivity contribution in [3.8, 4) is 5.75 Å². The quantitative estimate of drug-likeness (QED) is 0.806. The molecular formula is C16H17ClF3NO. The van der Waals surface area contributed by atoms with Crippen molar-refractivity contribution in [2.24, 2.45) is 0 Å². The molecule has 6 heteroatoms. The lowest BCUT2D eigenvalue weighted by molar-refractivity contribution is -0.137. The molecule has 0 fully saturated rings. The number of phenolic OH excluding ortho intramolecular Hbond substituents is 1. The molecule has 0 aromatic heterocycles. The summed E-state index contributed by atoms with van der Waals surface area (Å²) in [6.45, 7) is 1.24. The highest BCUT2D eigenvalue weighted by atomic mass is 35.5. The summed E-state index contributed by atoms with van der Waals surface area (Å²) in [5.41, 5.74) is 1.27. The molecule has 0 aliphatic heterocycles. The summed E-state index contributed by atoms with van der Waals surface area (Å²) in [4.78, 5) is 0. The van der Waals surface area contributed by atoms with E-state index in [-0.39, 0.29) is 18.2 Å². The van der Waals surface area contributed by atoms with Gasteiger partial charge >= 0.3 is 6.18 Å². The standard InChI is InChI=1S/C16H16F3NO.ClH/c17-16(18,19)14-5-1-13(2-6-14)11-20-10-9-12-3-7-15(21)8-4-12;/h1-8,20-21H,9-11H2;1H. The van der Waals surface area contributed by atoms with Gasteiger partial charge in [0.2, 0.25) is 0 Å². The molecule has 0 saturated heterocycles. The second-order valence-electron chi connectivity index (χ2n) is 4.79. The predicted molar refractivity (Wildman–Crippen MR) is 82.2 cm³/mol. The van der Waals surface area contributed by atoms with E-state index >= 15 is 0 Å². The fourth-order valence-electron chi connectivity index (χ4n) is 1.94. The SMILES string of the molecule is Cl.Oc1ccc(CCNCc2ccc(C(F)(F)F)cc2)cc1. The maximum atomic E-state index is 12.4. The second kappa shape index (κ2) is 8.06. The minimum absolute atomic E-state index is 0. The van der Waals surface area contributed by atoms with Gasteiger partial charge in [0, 0.05) is 6.54 Å². The highest BCUT2D eigenvalue weighted by molar-refractivity contribution is 5.85. The summed E-state index contributed by atoms with van der Waals surface area (Å²) in [5.74, 6) is 0.233. The van der Waals surface area contributed by atoms with Gasteiger partial charge < -0.3 is 10.4 Å². The van der Waals surface area contributed by atoms with Crippen LogP contribution in [0.2, 0.25) is 0 Å². The van der Waals surface area contributed by atoms with Crippen LogP contribution in [0.25, 0.3) is 0 Å². The Morgan fingerprint density at radius 1 is 0.864 bits per heavy atom. The number of hydrogen-bond acceptors (Lipinski definition) is 2. The fraction of sp³-hybridized carbons (Fsp3) is 0.250. The number of hydrogen-bond donors (Lipinski definition) is 2. The van der Waals surface area contributed by atoms with Crippen molar-refractivity contribution in [1.29, 1.82) is 0 Å². The van der Waals surface area contributed by atoms with Gasteiger partial charge in [-0.25, -0.2) is 0 Å². The van der Waals surface area contributed by atoms with E-state index < -0.39 is 11.7 Å². The van der Waals surface area contributed by atoms with E-state index in [1.54, 1.807) is 12.1 Å². The van der Waals surface area contributed by atoms with Crippen LogP contribution in [-0.4, -0.2) is 11.7 Å². The summed E-state index contributed by atoms with van der Waals surface area (Å²) in [6, 6.07) is 12.1. The van der Waals surface area contributed by atoms with Gasteiger partial charge in [0.1, 0.15) is 5.75 Å². The van der Waals surface area contributed by atoms with Gasteiger partial charge in [-0.15, -0.1) is 12.4 Å². The summed E-state index contributed by atoms with van der Waals surface area (Å²) >= 11 is 0. The first-order valence-electron chi connectivity index (χ1n) is 6.60. The third-order valence-corrected chi connectivity index (χ3v) is 3.14. The average molecular weight is 332 g/mol. The van der Waals surface area contributed by atoms with E-state index in [4.69, 9.17) is 5.11 Å². The molecule has 0 amide bonds. The maximum absolute atomic E-state index is 12.4. The van der Waals surface area contributed by atoms with E-state index in [0.717, 1.165) is 29.7 Å². The van der Waals surface area contributed by atoms with Crippen molar-refractivity contribution < 1.29 is 18.3 Å². The molecule has 0 unspecified atom stereocenters. The molecule has 22 heavy (non-hydrogen) atoms. The number of alkyl halides is 3. The molecule has 0 aliphatic carbocycles. The Kier molecular flexibility index (Phi) is 6.71. The molecule has 2 rings (SSSR count). The fourth-order valence-corrected chi connectivity index (χ4v) is 1.94. The smallest absolute Gasteiger partial charge is 0.416 e. The normalized spacial score (nSPS) is 11.0. The number of rotatable bonds is 5. The van der Waals surface area contributed by atoms with E-state index in [1.165, 1.54) is 12.1 Å². The Bertz CT molecular complexity index is 567. The summed E-state index contributed by atoms with van der Waals surface area (Å²) in [5, 5.41) is 12.3. The second-order valence-corrected chi connectivity index (χ2v) is 4.79. The van der Waals surface area contributed by atoms with Crippen molar-refractivity contribution in [3.05, 3.63) is 65.2 Å². The molecule has 2 nitrogen and oxygen atoms in total. The Labute approximate surface area is 133 Å². The molecule has 0 aliphatic rings. The van der Waals surface area contributed by atoms with Gasteiger partial charge in [0.05, 0.1) is 5.56 Å². The zero-order valence-corrected chi connectivity index (χ0v) is 12.5. The number of nitrogens with one attached hydrogen (secondary N) is 1. The molecule has 0 spiro atoms. The molecule has 0 radical (unpaired) electrons. The van der Waals surface area contributed by atoms with E-state index in [9.17, 15) is 13.2 Å². The Morgan fingerprint density at radius 2 is 1.41 bits per heavy atom. The summed E-state index contributed by atoms with van der Waals surface area (Å²) < 4.78 is 37.2. The van der Waals surface area contributed by atoms with Gasteiger partial charge in [0.15, 0.2) is 0 Å². The Balaban J connectivity index is 0.00000242. The first kappa shape index (κ1) is 18.3. The van der Waals surface area contributed by atoms with Crippen LogP contribution in [0.3, 0.4) is 0 Å². The summed E-state index contributed by atoms with van der Waals surface area (Å²) in [7, 11) is 0. The highest BCUT2D eigenvalue weighted by Gasteiger charge is 2.29. The third kappa shape index (κ3) is 5.58. The molecule has 2 aromatic rings. The molecular weight excluding hydrogens is 315 g/mol. The predicted octanol–water partition coefficient (Wildman–Crippen LogP) is 4.17. The monoisotopic (exact) mass is 331 g/mol.